The van der Waals surface area contributed by atoms with E-state index in [4.69, 9.17) is 5.73 Å². The largest absolute Gasteiger partial charge is 0.396 e. The molecule has 0 unspecified atom stereocenters. The third kappa shape index (κ3) is 2.26. The average molecular weight is 199 g/mol. The fraction of sp³-hybridized carbons (Fsp3) is 0.0833. The Labute approximate surface area is 89.0 Å². The highest BCUT2D eigenvalue weighted by Gasteiger charge is 2.00. The van der Waals surface area contributed by atoms with E-state index in [1.165, 1.54) is 0 Å². The first-order valence-corrected chi connectivity index (χ1v) is 4.81. The Kier molecular flexibility index (Phi) is 2.54. The van der Waals surface area contributed by atoms with Crippen LogP contribution in [0.5, 0.6) is 0 Å². The molecule has 3 nitrogen and oxygen atoms in total. The minimum Gasteiger partial charge on any atom is -0.396 e. The monoisotopic (exact) mass is 199 g/mol. The number of para-hydroxylation sites is 1. The zero-order chi connectivity index (χ0) is 10.7. The van der Waals surface area contributed by atoms with E-state index in [2.05, 4.69) is 10.3 Å². The van der Waals surface area contributed by atoms with Crippen molar-refractivity contribution in [1.82, 2.24) is 4.98 Å². The van der Waals surface area contributed by atoms with Crippen molar-refractivity contribution in [2.75, 3.05) is 11.1 Å². The van der Waals surface area contributed by atoms with Gasteiger partial charge in [-0.25, -0.2) is 4.98 Å². The van der Waals surface area contributed by atoms with Crippen LogP contribution in [0.25, 0.3) is 0 Å². The van der Waals surface area contributed by atoms with Crippen LogP contribution in [0.3, 0.4) is 0 Å². The second kappa shape index (κ2) is 4.00. The average Bonchev–Trinajstić information content (AvgIpc) is 2.25. The Hall–Kier alpha value is -2.03. The van der Waals surface area contributed by atoms with E-state index in [1.54, 1.807) is 0 Å². The Morgan fingerprint density at radius 3 is 2.53 bits per heavy atom. The number of pyridine rings is 1. The zero-order valence-electron chi connectivity index (χ0n) is 8.57. The van der Waals surface area contributed by atoms with Crippen LogP contribution in [0.4, 0.5) is 17.2 Å². The van der Waals surface area contributed by atoms with Gasteiger partial charge < -0.3 is 11.1 Å². The summed E-state index contributed by atoms with van der Waals surface area (Å²) in [6.07, 6.45) is 0. The Morgan fingerprint density at radius 1 is 1.07 bits per heavy atom. The number of nitrogens with two attached hydrogens (primary N) is 1. The van der Waals surface area contributed by atoms with Gasteiger partial charge in [0.25, 0.3) is 0 Å². The molecule has 1 heterocycles. The number of aryl methyl sites for hydroxylation is 1. The van der Waals surface area contributed by atoms with Gasteiger partial charge in [-0.05, 0) is 31.2 Å². The molecule has 3 heteroatoms. The number of nitrogens with one attached hydrogen (secondary N) is 1. The first-order chi connectivity index (χ1) is 7.25. The molecule has 0 bridgehead atoms. The Bertz CT molecular complexity index is 452. The predicted octanol–water partition coefficient (Wildman–Crippen LogP) is 2.72. The first kappa shape index (κ1) is 9.52. The van der Waals surface area contributed by atoms with Crippen LogP contribution < -0.4 is 11.1 Å². The summed E-state index contributed by atoms with van der Waals surface area (Å²) in [5.41, 5.74) is 8.40. The van der Waals surface area contributed by atoms with E-state index < -0.39 is 0 Å². The van der Waals surface area contributed by atoms with Crippen molar-refractivity contribution in [3.63, 3.8) is 0 Å². The second-order valence-corrected chi connectivity index (χ2v) is 3.38. The molecule has 76 valence electrons. The summed E-state index contributed by atoms with van der Waals surface area (Å²) in [6, 6.07) is 13.6. The quantitative estimate of drug-likeness (QED) is 0.781. The lowest BCUT2D eigenvalue weighted by molar-refractivity contribution is 1.20. The molecule has 2 rings (SSSR count). The smallest absolute Gasteiger partial charge is 0.153 e. The number of aromatic nitrogens is 1. The fourth-order valence-corrected chi connectivity index (χ4v) is 1.33. The summed E-state index contributed by atoms with van der Waals surface area (Å²) in [7, 11) is 0. The SMILES string of the molecule is Cc1ccc(N)c(Nc2ccccc2)n1. The molecule has 0 aliphatic rings. The summed E-state index contributed by atoms with van der Waals surface area (Å²) in [4.78, 5) is 4.33. The molecule has 0 saturated carbocycles. The number of nitrogen functional groups attached to an aromatic ring is 1. The summed E-state index contributed by atoms with van der Waals surface area (Å²) in [6.45, 7) is 1.94. The van der Waals surface area contributed by atoms with Gasteiger partial charge in [0.15, 0.2) is 5.82 Å². The summed E-state index contributed by atoms with van der Waals surface area (Å²) in [5.74, 6) is 0.709. The van der Waals surface area contributed by atoms with Crippen LogP contribution in [0.1, 0.15) is 5.69 Å². The molecule has 0 spiro atoms. The molecule has 1 aromatic heterocycles. The minimum atomic E-state index is 0.657. The molecule has 0 aliphatic carbocycles. The molecule has 0 amide bonds. The van der Waals surface area contributed by atoms with Crippen LogP contribution in [0.2, 0.25) is 0 Å². The molecular formula is C12H13N3. The molecule has 0 atom stereocenters. The maximum absolute atomic E-state index is 5.81. The van der Waals surface area contributed by atoms with Crippen molar-refractivity contribution in [3.05, 3.63) is 48.2 Å². The van der Waals surface area contributed by atoms with Crippen molar-refractivity contribution in [2.45, 2.75) is 6.92 Å². The lowest BCUT2D eigenvalue weighted by Gasteiger charge is -2.08. The van der Waals surface area contributed by atoms with E-state index in [9.17, 15) is 0 Å². The topological polar surface area (TPSA) is 50.9 Å². The molecule has 0 radical (unpaired) electrons. The number of rotatable bonds is 2. The number of nitrogens with zero attached hydrogens (tertiary/aromatic N) is 1. The third-order valence-corrected chi connectivity index (χ3v) is 2.10. The van der Waals surface area contributed by atoms with Crippen molar-refractivity contribution in [3.8, 4) is 0 Å². The maximum Gasteiger partial charge on any atom is 0.153 e. The van der Waals surface area contributed by atoms with Gasteiger partial charge in [0.1, 0.15) is 0 Å². The van der Waals surface area contributed by atoms with E-state index in [-0.39, 0.29) is 0 Å². The highest BCUT2D eigenvalue weighted by molar-refractivity contribution is 5.68. The Balaban J connectivity index is 2.28. The van der Waals surface area contributed by atoms with E-state index in [0.717, 1.165) is 11.4 Å². The maximum atomic E-state index is 5.81. The lowest BCUT2D eigenvalue weighted by atomic mass is 10.3. The highest BCUT2D eigenvalue weighted by Crippen LogP contribution is 2.20. The van der Waals surface area contributed by atoms with Gasteiger partial charge in [-0.3, -0.25) is 0 Å². The number of anilines is 3. The number of benzene rings is 1. The van der Waals surface area contributed by atoms with Crippen LogP contribution in [0, 0.1) is 6.92 Å². The van der Waals surface area contributed by atoms with Gasteiger partial charge in [-0.1, -0.05) is 18.2 Å². The number of hydrogen-bond donors (Lipinski definition) is 2. The van der Waals surface area contributed by atoms with Crippen molar-refractivity contribution >= 4 is 17.2 Å². The van der Waals surface area contributed by atoms with Gasteiger partial charge in [0, 0.05) is 11.4 Å². The molecule has 0 saturated heterocycles. The van der Waals surface area contributed by atoms with Gasteiger partial charge in [-0.2, -0.15) is 0 Å². The Morgan fingerprint density at radius 2 is 1.80 bits per heavy atom. The van der Waals surface area contributed by atoms with Gasteiger partial charge in [0.05, 0.1) is 5.69 Å². The fourth-order valence-electron chi connectivity index (χ4n) is 1.33. The molecule has 1 aromatic carbocycles. The highest BCUT2D eigenvalue weighted by atomic mass is 15.0. The van der Waals surface area contributed by atoms with E-state index >= 15 is 0 Å². The van der Waals surface area contributed by atoms with Crippen molar-refractivity contribution in [2.24, 2.45) is 0 Å². The summed E-state index contributed by atoms with van der Waals surface area (Å²) in [5, 5.41) is 3.18. The second-order valence-electron chi connectivity index (χ2n) is 3.38. The number of hydrogen-bond acceptors (Lipinski definition) is 3. The van der Waals surface area contributed by atoms with Gasteiger partial charge in [0.2, 0.25) is 0 Å². The molecule has 2 aromatic rings. The standard InChI is InChI=1S/C12H13N3/c1-9-7-8-11(13)12(14-9)15-10-5-3-2-4-6-10/h2-8H,13H2,1H3,(H,14,15). The zero-order valence-corrected chi connectivity index (χ0v) is 8.57. The summed E-state index contributed by atoms with van der Waals surface area (Å²) >= 11 is 0. The molecule has 0 fully saturated rings. The third-order valence-electron chi connectivity index (χ3n) is 2.10. The van der Waals surface area contributed by atoms with Crippen LogP contribution in [0.15, 0.2) is 42.5 Å². The van der Waals surface area contributed by atoms with Crippen molar-refractivity contribution in [1.29, 1.82) is 0 Å². The van der Waals surface area contributed by atoms with Crippen LogP contribution in [-0.2, 0) is 0 Å². The van der Waals surface area contributed by atoms with Gasteiger partial charge in [-0.15, -0.1) is 0 Å². The van der Waals surface area contributed by atoms with E-state index in [0.29, 0.717) is 11.5 Å². The van der Waals surface area contributed by atoms with Crippen molar-refractivity contribution < 1.29 is 0 Å². The lowest BCUT2D eigenvalue weighted by Crippen LogP contribution is -1.99. The minimum absolute atomic E-state index is 0.657. The van der Waals surface area contributed by atoms with Gasteiger partial charge >= 0.3 is 0 Å². The molecular weight excluding hydrogens is 186 g/mol. The molecule has 0 aliphatic heterocycles. The summed E-state index contributed by atoms with van der Waals surface area (Å²) < 4.78 is 0. The molecule has 15 heavy (non-hydrogen) atoms. The van der Waals surface area contributed by atoms with Crippen LogP contribution in [-0.4, -0.2) is 4.98 Å². The molecule has 3 N–H and O–H groups in total. The predicted molar refractivity (Wildman–Crippen MR) is 63.1 cm³/mol. The normalized spacial score (nSPS) is 9.93. The van der Waals surface area contributed by atoms with Crippen LogP contribution >= 0.6 is 0 Å². The first-order valence-electron chi connectivity index (χ1n) is 4.81. The van der Waals surface area contributed by atoms with E-state index in [1.807, 2.05) is 49.4 Å².